The third kappa shape index (κ3) is 4.44. The minimum Gasteiger partial charge on any atom is -0.489 e. The number of benzene rings is 2. The highest BCUT2D eigenvalue weighted by molar-refractivity contribution is 5.95. The molecule has 3 fully saturated rings. The second-order valence-corrected chi connectivity index (χ2v) is 10.1. The molecule has 34 heavy (non-hydrogen) atoms. The molecule has 176 valence electrons. The number of hydrogen-bond donors (Lipinski definition) is 1. The van der Waals surface area contributed by atoms with E-state index in [0.717, 1.165) is 43.8 Å². The van der Waals surface area contributed by atoms with Crippen LogP contribution < -0.4 is 15.6 Å². The molecule has 1 aliphatic heterocycles. The summed E-state index contributed by atoms with van der Waals surface area (Å²) in [4.78, 5) is 33.0. The van der Waals surface area contributed by atoms with Crippen LogP contribution >= 0.6 is 0 Å². The van der Waals surface area contributed by atoms with Crippen molar-refractivity contribution in [3.63, 3.8) is 0 Å². The quantitative estimate of drug-likeness (QED) is 0.587. The highest BCUT2D eigenvalue weighted by Crippen LogP contribution is 2.31. The first-order chi connectivity index (χ1) is 16.5. The zero-order chi connectivity index (χ0) is 23.2. The van der Waals surface area contributed by atoms with Gasteiger partial charge in [0.2, 0.25) is 0 Å². The molecule has 0 radical (unpaired) electrons. The first kappa shape index (κ1) is 21.4. The van der Waals surface area contributed by atoms with Crippen LogP contribution in [0.25, 0.3) is 16.6 Å². The molecule has 3 aromatic rings. The molecular weight excluding hydrogens is 428 g/mol. The Bertz CT molecular complexity index is 1310. The first-order valence-corrected chi connectivity index (χ1v) is 12.4. The fourth-order valence-electron chi connectivity index (χ4n) is 4.77. The van der Waals surface area contributed by atoms with E-state index in [4.69, 9.17) is 4.74 Å². The number of ether oxygens (including phenoxy) is 1. The van der Waals surface area contributed by atoms with Gasteiger partial charge in [0.05, 0.1) is 16.6 Å². The number of fused-ring (bicyclic) bond motifs is 1. The van der Waals surface area contributed by atoms with Gasteiger partial charge >= 0.3 is 0 Å². The topological polar surface area (TPSA) is 76.5 Å². The summed E-state index contributed by atoms with van der Waals surface area (Å²) in [7, 11) is 0. The minimum atomic E-state index is -0.167. The zero-order valence-electron chi connectivity index (χ0n) is 19.5. The van der Waals surface area contributed by atoms with E-state index in [-0.39, 0.29) is 23.6 Å². The van der Waals surface area contributed by atoms with Gasteiger partial charge in [-0.1, -0.05) is 6.07 Å². The molecule has 2 saturated carbocycles. The fourth-order valence-corrected chi connectivity index (χ4v) is 4.77. The summed E-state index contributed by atoms with van der Waals surface area (Å²) in [6.07, 6.45) is 7.49. The van der Waals surface area contributed by atoms with E-state index in [1.165, 1.54) is 24.0 Å². The molecule has 1 aromatic heterocycles. The van der Waals surface area contributed by atoms with Gasteiger partial charge in [0.1, 0.15) is 18.2 Å². The number of carbonyl (C=O) groups is 1. The predicted molar refractivity (Wildman–Crippen MR) is 131 cm³/mol. The SMILES string of the molecule is Cc1ccc(C(=O)NC2CC2)cc1-n1cnc2ccc(O[C@H]3CCN(CC4CC4)C3)cc2c1=O. The van der Waals surface area contributed by atoms with Gasteiger partial charge in [0, 0.05) is 31.2 Å². The Labute approximate surface area is 198 Å². The number of amides is 1. The van der Waals surface area contributed by atoms with E-state index in [9.17, 15) is 9.59 Å². The van der Waals surface area contributed by atoms with Crippen molar-refractivity contribution in [1.82, 2.24) is 19.8 Å². The Morgan fingerprint density at radius 2 is 1.97 bits per heavy atom. The van der Waals surface area contributed by atoms with Gasteiger partial charge in [-0.3, -0.25) is 19.1 Å². The van der Waals surface area contributed by atoms with Crippen LogP contribution in [0.5, 0.6) is 5.75 Å². The number of nitrogens with one attached hydrogen (secondary N) is 1. The molecule has 0 spiro atoms. The summed E-state index contributed by atoms with van der Waals surface area (Å²) in [6.45, 7) is 5.14. The Morgan fingerprint density at radius 3 is 2.76 bits per heavy atom. The summed E-state index contributed by atoms with van der Waals surface area (Å²) in [6, 6.07) is 11.3. The molecule has 0 unspecified atom stereocenters. The van der Waals surface area contributed by atoms with Crippen molar-refractivity contribution in [2.45, 2.75) is 51.2 Å². The molecule has 2 aromatic carbocycles. The van der Waals surface area contributed by atoms with Gasteiger partial charge in [0.15, 0.2) is 0 Å². The van der Waals surface area contributed by atoms with Crippen molar-refractivity contribution < 1.29 is 9.53 Å². The number of aryl methyl sites for hydroxylation is 1. The second-order valence-electron chi connectivity index (χ2n) is 10.1. The molecule has 0 bridgehead atoms. The first-order valence-electron chi connectivity index (χ1n) is 12.4. The number of rotatable bonds is 7. The number of hydrogen-bond acceptors (Lipinski definition) is 5. The summed E-state index contributed by atoms with van der Waals surface area (Å²) in [5.41, 5.74) is 2.59. The minimum absolute atomic E-state index is 0.103. The Hall–Kier alpha value is -3.19. The molecular formula is C27H30N4O3. The van der Waals surface area contributed by atoms with Crippen molar-refractivity contribution in [3.05, 3.63) is 64.2 Å². The summed E-state index contributed by atoms with van der Waals surface area (Å²) < 4.78 is 7.79. The van der Waals surface area contributed by atoms with E-state index in [2.05, 4.69) is 15.2 Å². The van der Waals surface area contributed by atoms with E-state index < -0.39 is 0 Å². The normalized spacial score (nSPS) is 20.6. The van der Waals surface area contributed by atoms with Crippen molar-refractivity contribution in [2.75, 3.05) is 19.6 Å². The van der Waals surface area contributed by atoms with Gasteiger partial charge in [-0.05, 0) is 80.8 Å². The Kier molecular flexibility index (Phi) is 5.37. The fraction of sp³-hybridized carbons (Fsp3) is 0.444. The molecule has 1 atom stereocenters. The largest absolute Gasteiger partial charge is 0.489 e. The molecule has 2 aliphatic carbocycles. The van der Waals surface area contributed by atoms with Crippen molar-refractivity contribution in [1.29, 1.82) is 0 Å². The summed E-state index contributed by atoms with van der Waals surface area (Å²) >= 11 is 0. The molecule has 2 heterocycles. The van der Waals surface area contributed by atoms with E-state index >= 15 is 0 Å². The molecule has 1 saturated heterocycles. The number of likely N-dealkylation sites (tertiary alicyclic amines) is 1. The predicted octanol–water partition coefficient (Wildman–Crippen LogP) is 3.45. The van der Waals surface area contributed by atoms with E-state index in [0.29, 0.717) is 27.9 Å². The van der Waals surface area contributed by atoms with Crippen molar-refractivity contribution >= 4 is 16.8 Å². The van der Waals surface area contributed by atoms with Crippen LogP contribution in [0.2, 0.25) is 0 Å². The monoisotopic (exact) mass is 458 g/mol. The molecule has 7 nitrogen and oxygen atoms in total. The summed E-state index contributed by atoms with van der Waals surface area (Å²) in [5, 5.41) is 3.52. The lowest BCUT2D eigenvalue weighted by Crippen LogP contribution is -2.27. The lowest BCUT2D eigenvalue weighted by Gasteiger charge is -2.17. The van der Waals surface area contributed by atoms with Crippen LogP contribution in [0.3, 0.4) is 0 Å². The van der Waals surface area contributed by atoms with Crippen LogP contribution in [0, 0.1) is 12.8 Å². The molecule has 1 N–H and O–H groups in total. The van der Waals surface area contributed by atoms with Crippen LogP contribution in [-0.4, -0.2) is 52.1 Å². The molecule has 7 heteroatoms. The smallest absolute Gasteiger partial charge is 0.265 e. The maximum atomic E-state index is 13.5. The Morgan fingerprint density at radius 1 is 1.12 bits per heavy atom. The lowest BCUT2D eigenvalue weighted by molar-refractivity contribution is 0.0951. The van der Waals surface area contributed by atoms with Crippen molar-refractivity contribution in [3.8, 4) is 11.4 Å². The summed E-state index contributed by atoms with van der Waals surface area (Å²) in [5.74, 6) is 1.48. The number of nitrogens with zero attached hydrogens (tertiary/aromatic N) is 3. The van der Waals surface area contributed by atoms with Crippen LogP contribution in [0.1, 0.15) is 48.0 Å². The third-order valence-corrected chi connectivity index (χ3v) is 7.12. The van der Waals surface area contributed by atoms with Crippen LogP contribution in [-0.2, 0) is 0 Å². The van der Waals surface area contributed by atoms with Gasteiger partial charge in [-0.25, -0.2) is 4.98 Å². The number of aromatic nitrogens is 2. The average molecular weight is 459 g/mol. The van der Waals surface area contributed by atoms with Gasteiger partial charge in [-0.15, -0.1) is 0 Å². The maximum Gasteiger partial charge on any atom is 0.265 e. The highest BCUT2D eigenvalue weighted by atomic mass is 16.5. The lowest BCUT2D eigenvalue weighted by atomic mass is 10.1. The standard InChI is InChI=1S/C27H30N4O3/c1-17-2-5-19(26(32)29-20-6-7-20)12-25(17)31-16-28-24-9-8-21(13-23(24)27(31)33)34-22-10-11-30(15-22)14-18-3-4-18/h2,5,8-9,12-13,16,18,20,22H,3-4,6-7,10-11,14-15H2,1H3,(H,29,32)/t22-/m0/s1. The average Bonchev–Trinajstić information content (AvgIpc) is 3.76. The highest BCUT2D eigenvalue weighted by Gasteiger charge is 2.30. The van der Waals surface area contributed by atoms with E-state index in [1.807, 2.05) is 31.2 Å². The second kappa shape index (κ2) is 8.55. The third-order valence-electron chi connectivity index (χ3n) is 7.12. The van der Waals surface area contributed by atoms with Crippen LogP contribution in [0.15, 0.2) is 47.5 Å². The van der Waals surface area contributed by atoms with E-state index in [1.54, 1.807) is 18.5 Å². The molecule has 3 aliphatic rings. The van der Waals surface area contributed by atoms with Gasteiger partial charge < -0.3 is 10.1 Å². The molecule has 1 amide bonds. The maximum absolute atomic E-state index is 13.5. The number of carbonyl (C=O) groups excluding carboxylic acids is 1. The van der Waals surface area contributed by atoms with Crippen molar-refractivity contribution in [2.24, 2.45) is 5.92 Å². The Balaban J connectivity index is 1.27. The van der Waals surface area contributed by atoms with Crippen LogP contribution in [0.4, 0.5) is 0 Å². The van der Waals surface area contributed by atoms with Gasteiger partial charge in [0.25, 0.3) is 11.5 Å². The molecule has 6 rings (SSSR count). The zero-order valence-corrected chi connectivity index (χ0v) is 19.5. The van der Waals surface area contributed by atoms with Gasteiger partial charge in [-0.2, -0.15) is 0 Å².